The van der Waals surface area contributed by atoms with Gasteiger partial charge in [-0.3, -0.25) is 0 Å². The molecule has 1 atom stereocenters. The number of hydrogen-bond donors (Lipinski definition) is 1. The summed E-state index contributed by atoms with van der Waals surface area (Å²) < 4.78 is 10.6. The minimum atomic E-state index is 0.487. The molecular weight excluding hydrogens is 250 g/mol. The number of anilines is 1. The molecule has 0 aliphatic carbocycles. The number of benzene rings is 2. The predicted octanol–water partition coefficient (Wildman–Crippen LogP) is 3.46. The van der Waals surface area contributed by atoms with Gasteiger partial charge < -0.3 is 14.8 Å². The zero-order valence-corrected chi connectivity index (χ0v) is 11.8. The standard InChI is InChI=1S/C17H19NO2/c1-19-15-8-6-12(7-9-15)14-10-13-4-3-5-16(20-2)17(13)18-11-14/h3-9,14,18H,10-11H2,1-2H3. The van der Waals surface area contributed by atoms with E-state index in [1.807, 2.05) is 18.2 Å². The second-order valence-corrected chi connectivity index (χ2v) is 5.05. The van der Waals surface area contributed by atoms with E-state index >= 15 is 0 Å². The van der Waals surface area contributed by atoms with Gasteiger partial charge in [-0.1, -0.05) is 24.3 Å². The summed E-state index contributed by atoms with van der Waals surface area (Å²) in [7, 11) is 3.41. The molecule has 0 spiro atoms. The molecular formula is C17H19NO2. The van der Waals surface area contributed by atoms with E-state index in [-0.39, 0.29) is 0 Å². The Morgan fingerprint density at radius 1 is 1.00 bits per heavy atom. The van der Waals surface area contributed by atoms with Crippen molar-refractivity contribution in [3.05, 3.63) is 53.6 Å². The van der Waals surface area contributed by atoms with Crippen LogP contribution < -0.4 is 14.8 Å². The van der Waals surface area contributed by atoms with Gasteiger partial charge in [-0.05, 0) is 35.7 Å². The highest BCUT2D eigenvalue weighted by Crippen LogP contribution is 2.36. The summed E-state index contributed by atoms with van der Waals surface area (Å²) in [5.74, 6) is 2.32. The van der Waals surface area contributed by atoms with Crippen LogP contribution in [0, 0.1) is 0 Å². The Kier molecular flexibility index (Phi) is 3.50. The number of fused-ring (bicyclic) bond motifs is 1. The van der Waals surface area contributed by atoms with E-state index in [9.17, 15) is 0 Å². The van der Waals surface area contributed by atoms with Crippen LogP contribution in [0.2, 0.25) is 0 Å². The lowest BCUT2D eigenvalue weighted by Gasteiger charge is -2.27. The Morgan fingerprint density at radius 2 is 1.80 bits per heavy atom. The SMILES string of the molecule is COc1ccc(C2CNc3c(cccc3OC)C2)cc1. The number of ether oxygens (including phenoxy) is 2. The Labute approximate surface area is 119 Å². The fourth-order valence-corrected chi connectivity index (χ4v) is 2.79. The van der Waals surface area contributed by atoms with E-state index in [1.54, 1.807) is 14.2 Å². The Hall–Kier alpha value is -2.16. The van der Waals surface area contributed by atoms with Crippen molar-refractivity contribution in [2.75, 3.05) is 26.1 Å². The van der Waals surface area contributed by atoms with Gasteiger partial charge in [0.2, 0.25) is 0 Å². The lowest BCUT2D eigenvalue weighted by atomic mass is 9.88. The van der Waals surface area contributed by atoms with E-state index in [2.05, 4.69) is 29.6 Å². The van der Waals surface area contributed by atoms with Gasteiger partial charge in [-0.2, -0.15) is 0 Å². The molecule has 2 aromatic carbocycles. The van der Waals surface area contributed by atoms with Gasteiger partial charge in [0, 0.05) is 12.5 Å². The van der Waals surface area contributed by atoms with E-state index in [0.29, 0.717) is 5.92 Å². The number of rotatable bonds is 3. The number of methoxy groups -OCH3 is 2. The molecule has 1 heterocycles. The van der Waals surface area contributed by atoms with Crippen molar-refractivity contribution in [3.8, 4) is 11.5 Å². The molecule has 1 aliphatic heterocycles. The van der Waals surface area contributed by atoms with Gasteiger partial charge in [-0.25, -0.2) is 0 Å². The molecule has 20 heavy (non-hydrogen) atoms. The maximum atomic E-state index is 5.40. The smallest absolute Gasteiger partial charge is 0.142 e. The van der Waals surface area contributed by atoms with Crippen LogP contribution in [-0.4, -0.2) is 20.8 Å². The average Bonchev–Trinajstić information content (AvgIpc) is 2.53. The van der Waals surface area contributed by atoms with Crippen LogP contribution in [0.25, 0.3) is 0 Å². The molecule has 0 saturated carbocycles. The predicted molar refractivity (Wildman–Crippen MR) is 80.9 cm³/mol. The van der Waals surface area contributed by atoms with Crippen molar-refractivity contribution in [2.24, 2.45) is 0 Å². The molecule has 1 unspecified atom stereocenters. The van der Waals surface area contributed by atoms with Crippen molar-refractivity contribution >= 4 is 5.69 Å². The molecule has 0 saturated heterocycles. The monoisotopic (exact) mass is 269 g/mol. The zero-order valence-electron chi connectivity index (χ0n) is 11.8. The third-order valence-electron chi connectivity index (χ3n) is 3.91. The van der Waals surface area contributed by atoms with Crippen molar-refractivity contribution < 1.29 is 9.47 Å². The van der Waals surface area contributed by atoms with E-state index in [1.165, 1.54) is 11.1 Å². The van der Waals surface area contributed by atoms with E-state index in [4.69, 9.17) is 9.47 Å². The largest absolute Gasteiger partial charge is 0.497 e. The van der Waals surface area contributed by atoms with Crippen LogP contribution in [0.1, 0.15) is 17.0 Å². The first kappa shape index (κ1) is 12.9. The fraction of sp³-hybridized carbons (Fsp3) is 0.294. The van der Waals surface area contributed by atoms with Crippen LogP contribution in [-0.2, 0) is 6.42 Å². The van der Waals surface area contributed by atoms with Crippen molar-refractivity contribution in [1.82, 2.24) is 0 Å². The van der Waals surface area contributed by atoms with Crippen LogP contribution >= 0.6 is 0 Å². The summed E-state index contributed by atoms with van der Waals surface area (Å²) in [6.45, 7) is 0.930. The highest BCUT2D eigenvalue weighted by molar-refractivity contribution is 5.64. The highest BCUT2D eigenvalue weighted by atomic mass is 16.5. The zero-order chi connectivity index (χ0) is 13.9. The lowest BCUT2D eigenvalue weighted by molar-refractivity contribution is 0.414. The Balaban J connectivity index is 1.84. The van der Waals surface area contributed by atoms with Gasteiger partial charge in [0.05, 0.1) is 19.9 Å². The van der Waals surface area contributed by atoms with Gasteiger partial charge in [0.1, 0.15) is 11.5 Å². The molecule has 0 aromatic heterocycles. The van der Waals surface area contributed by atoms with Gasteiger partial charge in [-0.15, -0.1) is 0 Å². The van der Waals surface area contributed by atoms with Crippen LogP contribution in [0.5, 0.6) is 11.5 Å². The summed E-state index contributed by atoms with van der Waals surface area (Å²) >= 11 is 0. The van der Waals surface area contributed by atoms with Crippen molar-refractivity contribution in [2.45, 2.75) is 12.3 Å². The van der Waals surface area contributed by atoms with E-state index in [0.717, 1.165) is 30.2 Å². The molecule has 0 bridgehead atoms. The number of para-hydroxylation sites is 1. The molecule has 2 aromatic rings. The van der Waals surface area contributed by atoms with Crippen LogP contribution in [0.15, 0.2) is 42.5 Å². The maximum absolute atomic E-state index is 5.40. The quantitative estimate of drug-likeness (QED) is 0.925. The first-order chi connectivity index (χ1) is 9.81. The van der Waals surface area contributed by atoms with Crippen molar-refractivity contribution in [1.29, 1.82) is 0 Å². The second-order valence-electron chi connectivity index (χ2n) is 5.05. The number of hydrogen-bond acceptors (Lipinski definition) is 3. The molecule has 0 fully saturated rings. The molecule has 104 valence electrons. The number of nitrogens with one attached hydrogen (secondary N) is 1. The molecule has 3 heteroatoms. The third kappa shape index (κ3) is 2.31. The molecule has 1 N–H and O–H groups in total. The topological polar surface area (TPSA) is 30.5 Å². The summed E-state index contributed by atoms with van der Waals surface area (Å²) in [4.78, 5) is 0. The minimum Gasteiger partial charge on any atom is -0.497 e. The fourth-order valence-electron chi connectivity index (χ4n) is 2.79. The summed E-state index contributed by atoms with van der Waals surface area (Å²) in [5.41, 5.74) is 3.79. The Morgan fingerprint density at radius 3 is 2.50 bits per heavy atom. The minimum absolute atomic E-state index is 0.487. The average molecular weight is 269 g/mol. The second kappa shape index (κ2) is 5.45. The van der Waals surface area contributed by atoms with Gasteiger partial charge in [0.25, 0.3) is 0 Å². The van der Waals surface area contributed by atoms with E-state index < -0.39 is 0 Å². The molecule has 1 aliphatic rings. The lowest BCUT2D eigenvalue weighted by Crippen LogP contribution is -2.21. The maximum Gasteiger partial charge on any atom is 0.142 e. The molecule has 0 radical (unpaired) electrons. The van der Waals surface area contributed by atoms with Crippen LogP contribution in [0.3, 0.4) is 0 Å². The third-order valence-corrected chi connectivity index (χ3v) is 3.91. The molecule has 3 nitrogen and oxygen atoms in total. The van der Waals surface area contributed by atoms with Crippen LogP contribution in [0.4, 0.5) is 5.69 Å². The summed E-state index contributed by atoms with van der Waals surface area (Å²) in [5, 5.41) is 3.50. The Bertz CT molecular complexity index is 592. The summed E-state index contributed by atoms with van der Waals surface area (Å²) in [6.07, 6.45) is 1.03. The first-order valence-electron chi connectivity index (χ1n) is 6.85. The van der Waals surface area contributed by atoms with Gasteiger partial charge >= 0.3 is 0 Å². The molecule has 0 amide bonds. The summed E-state index contributed by atoms with van der Waals surface area (Å²) in [6, 6.07) is 14.6. The molecule has 3 rings (SSSR count). The first-order valence-corrected chi connectivity index (χ1v) is 6.85. The van der Waals surface area contributed by atoms with Crippen molar-refractivity contribution in [3.63, 3.8) is 0 Å². The van der Waals surface area contributed by atoms with Gasteiger partial charge in [0.15, 0.2) is 0 Å². The normalized spacial score (nSPS) is 17.0. The highest BCUT2D eigenvalue weighted by Gasteiger charge is 2.21.